The average Bonchev–Trinajstić information content (AvgIpc) is 2.26. The van der Waals surface area contributed by atoms with Gasteiger partial charge in [-0.3, -0.25) is 9.78 Å². The number of carbonyl (C=O) groups is 1. The average molecular weight is 190 g/mol. The second-order valence-electron chi connectivity index (χ2n) is 2.72. The Morgan fingerprint density at radius 1 is 1.71 bits per heavy atom. The van der Waals surface area contributed by atoms with Crippen LogP contribution in [0.5, 0.6) is 0 Å². The molecule has 0 saturated heterocycles. The van der Waals surface area contributed by atoms with Gasteiger partial charge in [0, 0.05) is 18.8 Å². The van der Waals surface area contributed by atoms with Crippen LogP contribution in [0.25, 0.3) is 0 Å². The molecule has 4 nitrogen and oxygen atoms in total. The van der Waals surface area contributed by atoms with Crippen molar-refractivity contribution in [3.63, 3.8) is 0 Å². The summed E-state index contributed by atoms with van der Waals surface area (Å²) in [5.41, 5.74) is 1.34. The summed E-state index contributed by atoms with van der Waals surface area (Å²) in [4.78, 5) is 14.8. The van der Waals surface area contributed by atoms with Crippen molar-refractivity contribution >= 4 is 5.97 Å². The molecule has 1 aromatic heterocycles. The van der Waals surface area contributed by atoms with Crippen LogP contribution >= 0.6 is 0 Å². The number of hydrogen-bond donors (Lipinski definition) is 0. The minimum atomic E-state index is -0.280. The fourth-order valence-electron chi connectivity index (χ4n) is 1.07. The van der Waals surface area contributed by atoms with E-state index in [4.69, 9.17) is 5.26 Å². The van der Waals surface area contributed by atoms with E-state index in [1.165, 1.54) is 7.11 Å². The smallest absolute Gasteiger partial charge is 0.305 e. The standard InChI is InChI=1S/C10H10N2O2/c1-14-10(13)3-2-9-7-12-5-4-8(9)6-11/h4-5,7H,2-3H2,1H3. The minimum absolute atomic E-state index is 0.275. The molecule has 0 aliphatic heterocycles. The van der Waals surface area contributed by atoms with E-state index in [-0.39, 0.29) is 12.4 Å². The summed E-state index contributed by atoms with van der Waals surface area (Å²) < 4.78 is 4.50. The topological polar surface area (TPSA) is 63.0 Å². The van der Waals surface area contributed by atoms with E-state index in [0.29, 0.717) is 12.0 Å². The number of hydrogen-bond acceptors (Lipinski definition) is 4. The summed E-state index contributed by atoms with van der Waals surface area (Å²) in [5.74, 6) is -0.280. The van der Waals surface area contributed by atoms with E-state index in [9.17, 15) is 4.79 Å². The van der Waals surface area contributed by atoms with Crippen LogP contribution in [-0.4, -0.2) is 18.1 Å². The van der Waals surface area contributed by atoms with Crippen LogP contribution in [0.3, 0.4) is 0 Å². The van der Waals surface area contributed by atoms with Crippen molar-refractivity contribution in [2.24, 2.45) is 0 Å². The Kier molecular flexibility index (Phi) is 3.62. The summed E-state index contributed by atoms with van der Waals surface area (Å²) in [6, 6.07) is 3.68. The van der Waals surface area contributed by atoms with Crippen LogP contribution in [0.4, 0.5) is 0 Å². The SMILES string of the molecule is COC(=O)CCc1cnccc1C#N. The maximum absolute atomic E-state index is 10.9. The monoisotopic (exact) mass is 190 g/mol. The van der Waals surface area contributed by atoms with Gasteiger partial charge in [0.1, 0.15) is 0 Å². The Morgan fingerprint density at radius 3 is 3.14 bits per heavy atom. The van der Waals surface area contributed by atoms with Gasteiger partial charge in [-0.1, -0.05) is 0 Å². The molecular formula is C10H10N2O2. The predicted molar refractivity (Wildman–Crippen MR) is 49.3 cm³/mol. The summed E-state index contributed by atoms with van der Waals surface area (Å²) in [6.07, 6.45) is 3.92. The van der Waals surface area contributed by atoms with Crippen molar-refractivity contribution in [2.75, 3.05) is 7.11 Å². The zero-order valence-corrected chi connectivity index (χ0v) is 7.86. The second-order valence-corrected chi connectivity index (χ2v) is 2.72. The van der Waals surface area contributed by atoms with Crippen molar-refractivity contribution in [1.82, 2.24) is 4.98 Å². The molecule has 0 radical (unpaired) electrons. The molecule has 4 heteroatoms. The van der Waals surface area contributed by atoms with Crippen LogP contribution in [0, 0.1) is 11.3 Å². The van der Waals surface area contributed by atoms with E-state index in [1.807, 2.05) is 6.07 Å². The van der Waals surface area contributed by atoms with Crippen LogP contribution in [0.15, 0.2) is 18.5 Å². The highest BCUT2D eigenvalue weighted by molar-refractivity contribution is 5.69. The molecule has 0 amide bonds. The molecule has 0 unspecified atom stereocenters. The maximum Gasteiger partial charge on any atom is 0.305 e. The highest BCUT2D eigenvalue weighted by atomic mass is 16.5. The molecule has 1 heterocycles. The van der Waals surface area contributed by atoms with Gasteiger partial charge in [-0.05, 0) is 18.1 Å². The first-order valence-electron chi connectivity index (χ1n) is 4.17. The van der Waals surface area contributed by atoms with E-state index in [2.05, 4.69) is 9.72 Å². The van der Waals surface area contributed by atoms with E-state index in [1.54, 1.807) is 18.5 Å². The van der Waals surface area contributed by atoms with Gasteiger partial charge in [0.15, 0.2) is 0 Å². The first kappa shape index (κ1) is 10.2. The van der Waals surface area contributed by atoms with Gasteiger partial charge in [-0.15, -0.1) is 0 Å². The molecule has 1 rings (SSSR count). The fraction of sp³-hybridized carbons (Fsp3) is 0.300. The molecule has 0 bridgehead atoms. The third-order valence-corrected chi connectivity index (χ3v) is 1.85. The van der Waals surface area contributed by atoms with Crippen LogP contribution in [0.1, 0.15) is 17.5 Å². The fourth-order valence-corrected chi connectivity index (χ4v) is 1.07. The van der Waals surface area contributed by atoms with Crippen LogP contribution in [-0.2, 0) is 16.0 Å². The zero-order chi connectivity index (χ0) is 10.4. The van der Waals surface area contributed by atoms with Gasteiger partial charge < -0.3 is 4.74 Å². The molecule has 14 heavy (non-hydrogen) atoms. The number of aryl methyl sites for hydroxylation is 1. The number of pyridine rings is 1. The van der Waals surface area contributed by atoms with Gasteiger partial charge in [0.2, 0.25) is 0 Å². The van der Waals surface area contributed by atoms with Crippen molar-refractivity contribution in [2.45, 2.75) is 12.8 Å². The predicted octanol–water partition coefficient (Wildman–Crippen LogP) is 1.06. The molecule has 0 aromatic carbocycles. The second kappa shape index (κ2) is 4.97. The molecule has 72 valence electrons. The minimum Gasteiger partial charge on any atom is -0.469 e. The van der Waals surface area contributed by atoms with Gasteiger partial charge in [-0.25, -0.2) is 0 Å². The molecule has 0 aliphatic carbocycles. The number of nitriles is 1. The Bertz CT molecular complexity index is 369. The molecule has 0 saturated carbocycles. The number of rotatable bonds is 3. The van der Waals surface area contributed by atoms with Crippen LogP contribution in [0.2, 0.25) is 0 Å². The Balaban J connectivity index is 2.68. The van der Waals surface area contributed by atoms with Gasteiger partial charge in [0.05, 0.1) is 18.7 Å². The number of aromatic nitrogens is 1. The Hall–Kier alpha value is -1.89. The summed E-state index contributed by atoms with van der Waals surface area (Å²) in [6.45, 7) is 0. The Labute approximate surface area is 82.1 Å². The van der Waals surface area contributed by atoms with Crippen molar-refractivity contribution in [3.05, 3.63) is 29.6 Å². The summed E-state index contributed by atoms with van der Waals surface area (Å²) in [5, 5.41) is 8.75. The number of carbonyl (C=O) groups excluding carboxylic acids is 1. The molecule has 0 fully saturated rings. The number of esters is 1. The normalized spacial score (nSPS) is 9.14. The molecule has 0 atom stereocenters. The number of methoxy groups -OCH3 is 1. The lowest BCUT2D eigenvalue weighted by Crippen LogP contribution is -2.03. The molecule has 1 aromatic rings. The molecule has 0 aliphatic rings. The molecular weight excluding hydrogens is 180 g/mol. The summed E-state index contributed by atoms with van der Waals surface area (Å²) >= 11 is 0. The molecule has 0 N–H and O–H groups in total. The highest BCUT2D eigenvalue weighted by Gasteiger charge is 2.05. The first-order valence-corrected chi connectivity index (χ1v) is 4.17. The quantitative estimate of drug-likeness (QED) is 0.668. The van der Waals surface area contributed by atoms with Gasteiger partial charge >= 0.3 is 5.97 Å². The van der Waals surface area contributed by atoms with E-state index < -0.39 is 0 Å². The number of nitrogens with zero attached hydrogens (tertiary/aromatic N) is 2. The third kappa shape index (κ3) is 2.56. The van der Waals surface area contributed by atoms with Gasteiger partial charge in [-0.2, -0.15) is 5.26 Å². The highest BCUT2D eigenvalue weighted by Crippen LogP contribution is 2.08. The third-order valence-electron chi connectivity index (χ3n) is 1.85. The van der Waals surface area contributed by atoms with E-state index in [0.717, 1.165) is 5.56 Å². The molecule has 0 spiro atoms. The number of ether oxygens (including phenoxy) is 1. The summed E-state index contributed by atoms with van der Waals surface area (Å²) in [7, 11) is 1.34. The van der Waals surface area contributed by atoms with Crippen molar-refractivity contribution in [1.29, 1.82) is 5.26 Å². The van der Waals surface area contributed by atoms with Gasteiger partial charge in [0.25, 0.3) is 0 Å². The van der Waals surface area contributed by atoms with Crippen molar-refractivity contribution < 1.29 is 9.53 Å². The van der Waals surface area contributed by atoms with E-state index >= 15 is 0 Å². The lowest BCUT2D eigenvalue weighted by Gasteiger charge is -2.01. The Morgan fingerprint density at radius 2 is 2.50 bits per heavy atom. The lowest BCUT2D eigenvalue weighted by molar-refractivity contribution is -0.140. The van der Waals surface area contributed by atoms with Crippen molar-refractivity contribution in [3.8, 4) is 6.07 Å². The lowest BCUT2D eigenvalue weighted by atomic mass is 10.1. The first-order chi connectivity index (χ1) is 6.77. The maximum atomic E-state index is 10.9. The van der Waals surface area contributed by atoms with Crippen LogP contribution < -0.4 is 0 Å². The largest absolute Gasteiger partial charge is 0.469 e. The zero-order valence-electron chi connectivity index (χ0n) is 7.86.